The number of anilines is 1. The normalized spacial score (nSPS) is 24.3. The molecule has 1 aliphatic rings. The van der Waals surface area contributed by atoms with Crippen molar-refractivity contribution in [2.24, 2.45) is 5.73 Å². The summed E-state index contributed by atoms with van der Waals surface area (Å²) < 4.78 is 0. The quantitative estimate of drug-likeness (QED) is 0.690. The van der Waals surface area contributed by atoms with Gasteiger partial charge in [-0.1, -0.05) is 30.3 Å². The van der Waals surface area contributed by atoms with E-state index in [1.807, 2.05) is 6.07 Å². The van der Waals surface area contributed by atoms with Crippen LogP contribution in [0.25, 0.3) is 10.8 Å². The summed E-state index contributed by atoms with van der Waals surface area (Å²) in [6.07, 6.45) is 1.07. The molecule has 0 bridgehead atoms. The van der Waals surface area contributed by atoms with E-state index in [2.05, 4.69) is 30.3 Å². The van der Waals surface area contributed by atoms with Crippen LogP contribution in [-0.2, 0) is 0 Å². The van der Waals surface area contributed by atoms with Gasteiger partial charge in [0.05, 0.1) is 0 Å². The Hall–Kier alpha value is -1.54. The third-order valence-corrected chi connectivity index (χ3v) is 3.22. The van der Waals surface area contributed by atoms with Gasteiger partial charge < -0.3 is 11.5 Å². The molecule has 76 valence electrons. The Bertz CT molecular complexity index is 519. The standard InChI is InChI=1S/C13H14N2/c14-11-6-5-8-3-1-2-4-9(8)13(11)10-7-12(10)15/h1-6,10,12H,7,14-15H2. The zero-order valence-electron chi connectivity index (χ0n) is 8.48. The lowest BCUT2D eigenvalue weighted by molar-refractivity contribution is 1.000. The minimum atomic E-state index is 0.304. The summed E-state index contributed by atoms with van der Waals surface area (Å²) >= 11 is 0. The van der Waals surface area contributed by atoms with Gasteiger partial charge in [-0.05, 0) is 28.8 Å². The molecule has 2 atom stereocenters. The fourth-order valence-corrected chi connectivity index (χ4v) is 2.27. The van der Waals surface area contributed by atoms with E-state index in [4.69, 9.17) is 11.5 Å². The monoisotopic (exact) mass is 198 g/mol. The van der Waals surface area contributed by atoms with E-state index in [1.165, 1.54) is 16.3 Å². The summed E-state index contributed by atoms with van der Waals surface area (Å²) in [7, 11) is 0. The van der Waals surface area contributed by atoms with Crippen molar-refractivity contribution < 1.29 is 0 Å². The maximum absolute atomic E-state index is 6.03. The molecule has 0 spiro atoms. The van der Waals surface area contributed by atoms with Gasteiger partial charge in [0.1, 0.15) is 0 Å². The van der Waals surface area contributed by atoms with Crippen LogP contribution in [0.5, 0.6) is 0 Å². The lowest BCUT2D eigenvalue weighted by Gasteiger charge is -2.09. The van der Waals surface area contributed by atoms with E-state index < -0.39 is 0 Å². The first-order chi connectivity index (χ1) is 7.27. The van der Waals surface area contributed by atoms with Gasteiger partial charge in [-0.25, -0.2) is 0 Å². The molecule has 2 aromatic carbocycles. The van der Waals surface area contributed by atoms with Gasteiger partial charge >= 0.3 is 0 Å². The second kappa shape index (κ2) is 2.97. The van der Waals surface area contributed by atoms with Gasteiger partial charge in [0, 0.05) is 17.6 Å². The molecule has 4 N–H and O–H groups in total. The van der Waals surface area contributed by atoms with E-state index in [0.717, 1.165) is 12.1 Å². The van der Waals surface area contributed by atoms with Crippen molar-refractivity contribution in [3.05, 3.63) is 42.0 Å². The Morgan fingerprint density at radius 1 is 1.07 bits per heavy atom. The molecule has 0 radical (unpaired) electrons. The van der Waals surface area contributed by atoms with Gasteiger partial charge in [-0.3, -0.25) is 0 Å². The van der Waals surface area contributed by atoms with E-state index >= 15 is 0 Å². The number of hydrogen-bond donors (Lipinski definition) is 2. The highest BCUT2D eigenvalue weighted by Gasteiger charge is 2.37. The van der Waals surface area contributed by atoms with Crippen molar-refractivity contribution in [3.8, 4) is 0 Å². The summed E-state index contributed by atoms with van der Waals surface area (Å²) in [5, 5.41) is 2.51. The minimum absolute atomic E-state index is 0.304. The summed E-state index contributed by atoms with van der Waals surface area (Å²) in [6, 6.07) is 12.7. The number of nitrogens with two attached hydrogens (primary N) is 2. The van der Waals surface area contributed by atoms with Crippen molar-refractivity contribution in [1.82, 2.24) is 0 Å². The van der Waals surface area contributed by atoms with Crippen LogP contribution in [0.15, 0.2) is 36.4 Å². The van der Waals surface area contributed by atoms with Crippen LogP contribution >= 0.6 is 0 Å². The van der Waals surface area contributed by atoms with E-state index in [0.29, 0.717) is 12.0 Å². The Balaban J connectivity index is 2.29. The summed E-state index contributed by atoms with van der Waals surface area (Å²) in [6.45, 7) is 0. The molecule has 15 heavy (non-hydrogen) atoms. The van der Waals surface area contributed by atoms with Crippen molar-refractivity contribution in [2.75, 3.05) is 5.73 Å². The summed E-state index contributed by atoms with van der Waals surface area (Å²) in [5.41, 5.74) is 14.1. The predicted molar refractivity (Wildman–Crippen MR) is 63.7 cm³/mol. The number of fused-ring (bicyclic) bond motifs is 1. The fourth-order valence-electron chi connectivity index (χ4n) is 2.27. The molecule has 1 aliphatic carbocycles. The molecular formula is C13H14N2. The predicted octanol–water partition coefficient (Wildman–Crippen LogP) is 2.24. The number of hydrogen-bond acceptors (Lipinski definition) is 2. The van der Waals surface area contributed by atoms with Gasteiger partial charge in [0.25, 0.3) is 0 Å². The molecule has 0 aliphatic heterocycles. The fraction of sp³-hybridized carbons (Fsp3) is 0.231. The van der Waals surface area contributed by atoms with Crippen LogP contribution < -0.4 is 11.5 Å². The van der Waals surface area contributed by atoms with Crippen LogP contribution in [0, 0.1) is 0 Å². The van der Waals surface area contributed by atoms with Crippen LogP contribution in [-0.4, -0.2) is 6.04 Å². The maximum Gasteiger partial charge on any atom is 0.0356 e. The van der Waals surface area contributed by atoms with Gasteiger partial charge in [0.2, 0.25) is 0 Å². The molecule has 1 saturated carbocycles. The average molecular weight is 198 g/mol. The zero-order valence-corrected chi connectivity index (χ0v) is 8.48. The smallest absolute Gasteiger partial charge is 0.0356 e. The van der Waals surface area contributed by atoms with Crippen molar-refractivity contribution in [2.45, 2.75) is 18.4 Å². The third-order valence-electron chi connectivity index (χ3n) is 3.22. The first kappa shape index (κ1) is 8.74. The maximum atomic E-state index is 6.03. The first-order valence-corrected chi connectivity index (χ1v) is 5.30. The molecular weight excluding hydrogens is 184 g/mol. The van der Waals surface area contributed by atoms with Gasteiger partial charge in [0.15, 0.2) is 0 Å². The molecule has 2 unspecified atom stereocenters. The van der Waals surface area contributed by atoms with Crippen LogP contribution in [0.2, 0.25) is 0 Å². The Morgan fingerprint density at radius 3 is 2.53 bits per heavy atom. The average Bonchev–Trinajstić information content (AvgIpc) is 2.95. The van der Waals surface area contributed by atoms with E-state index in [9.17, 15) is 0 Å². The SMILES string of the molecule is Nc1ccc2ccccc2c1C1CC1N. The Labute approximate surface area is 88.9 Å². The van der Waals surface area contributed by atoms with E-state index in [1.54, 1.807) is 0 Å². The molecule has 2 heteroatoms. The second-order valence-corrected chi connectivity index (χ2v) is 4.30. The molecule has 2 aromatic rings. The Morgan fingerprint density at radius 2 is 1.80 bits per heavy atom. The summed E-state index contributed by atoms with van der Waals surface area (Å²) in [4.78, 5) is 0. The molecule has 0 heterocycles. The zero-order chi connectivity index (χ0) is 10.4. The molecule has 2 nitrogen and oxygen atoms in total. The van der Waals surface area contributed by atoms with Crippen molar-refractivity contribution in [3.63, 3.8) is 0 Å². The summed E-state index contributed by atoms with van der Waals surface area (Å²) in [5.74, 6) is 0.469. The Kier molecular flexibility index (Phi) is 1.73. The molecule has 0 saturated heterocycles. The highest BCUT2D eigenvalue weighted by Crippen LogP contribution is 2.44. The topological polar surface area (TPSA) is 52.0 Å². The molecule has 0 aromatic heterocycles. The lowest BCUT2D eigenvalue weighted by atomic mass is 9.99. The third kappa shape index (κ3) is 1.29. The van der Waals surface area contributed by atoms with Crippen LogP contribution in [0.1, 0.15) is 17.9 Å². The van der Waals surface area contributed by atoms with Crippen LogP contribution in [0.4, 0.5) is 5.69 Å². The molecule has 3 rings (SSSR count). The largest absolute Gasteiger partial charge is 0.398 e. The second-order valence-electron chi connectivity index (χ2n) is 4.30. The molecule has 0 amide bonds. The van der Waals surface area contributed by atoms with Crippen LogP contribution in [0.3, 0.4) is 0 Å². The number of benzene rings is 2. The van der Waals surface area contributed by atoms with E-state index in [-0.39, 0.29) is 0 Å². The highest BCUT2D eigenvalue weighted by molar-refractivity contribution is 5.90. The van der Waals surface area contributed by atoms with Gasteiger partial charge in [-0.2, -0.15) is 0 Å². The lowest BCUT2D eigenvalue weighted by Crippen LogP contribution is -2.03. The molecule has 1 fully saturated rings. The van der Waals surface area contributed by atoms with Crippen molar-refractivity contribution in [1.29, 1.82) is 0 Å². The van der Waals surface area contributed by atoms with Gasteiger partial charge in [-0.15, -0.1) is 0 Å². The minimum Gasteiger partial charge on any atom is -0.398 e. The first-order valence-electron chi connectivity index (χ1n) is 5.30. The number of rotatable bonds is 1. The number of nitrogen functional groups attached to an aromatic ring is 1. The highest BCUT2D eigenvalue weighted by atomic mass is 14.8. The van der Waals surface area contributed by atoms with Crippen molar-refractivity contribution >= 4 is 16.5 Å².